The number of hydrogen-bond donors (Lipinski definition) is 1. The van der Waals surface area contributed by atoms with E-state index in [1.54, 1.807) is 11.7 Å². The van der Waals surface area contributed by atoms with Gasteiger partial charge in [0.1, 0.15) is 0 Å². The van der Waals surface area contributed by atoms with Crippen molar-refractivity contribution >= 4 is 34.3 Å². The number of methoxy groups -OCH3 is 2. The smallest absolute Gasteiger partial charge is 0.305 e. The summed E-state index contributed by atoms with van der Waals surface area (Å²) in [5, 5.41) is 3.78. The molecule has 0 radical (unpaired) electrons. The Labute approximate surface area is 145 Å². The zero-order valence-electron chi connectivity index (χ0n) is 14.4. The van der Waals surface area contributed by atoms with Crippen molar-refractivity contribution in [3.63, 3.8) is 0 Å². The van der Waals surface area contributed by atoms with Crippen LogP contribution < -0.4 is 5.32 Å². The van der Waals surface area contributed by atoms with Crippen LogP contribution in [-0.4, -0.2) is 43.1 Å². The van der Waals surface area contributed by atoms with Gasteiger partial charge in [-0.1, -0.05) is 6.07 Å². The third-order valence-electron chi connectivity index (χ3n) is 3.77. The summed E-state index contributed by atoms with van der Waals surface area (Å²) in [4.78, 5) is 35.0. The molecular weight excluding hydrogens is 324 g/mol. The van der Waals surface area contributed by atoms with Gasteiger partial charge in [0.15, 0.2) is 5.78 Å². The number of Topliss-reactive ketones (excluding diaryl/α,β-unsaturated/α-hetero) is 1. The molecule has 0 unspecified atom stereocenters. The summed E-state index contributed by atoms with van der Waals surface area (Å²) >= 11 is 0. The Kier molecular flexibility index (Phi) is 6.71. The second kappa shape index (κ2) is 8.98. The van der Waals surface area contributed by atoms with Crippen molar-refractivity contribution in [2.24, 2.45) is 0 Å². The molecule has 0 spiro atoms. The van der Waals surface area contributed by atoms with E-state index < -0.39 is 5.97 Å². The van der Waals surface area contributed by atoms with Gasteiger partial charge in [-0.15, -0.1) is 0 Å². The monoisotopic (exact) mass is 346 g/mol. The Morgan fingerprint density at radius 3 is 2.60 bits per heavy atom. The Morgan fingerprint density at radius 1 is 1.08 bits per heavy atom. The van der Waals surface area contributed by atoms with Crippen LogP contribution >= 0.6 is 0 Å². The molecule has 7 heteroatoms. The third-order valence-corrected chi connectivity index (χ3v) is 3.77. The van der Waals surface area contributed by atoms with Gasteiger partial charge in [-0.05, 0) is 23.6 Å². The van der Waals surface area contributed by atoms with E-state index in [2.05, 4.69) is 10.1 Å². The number of rotatable bonds is 9. The van der Waals surface area contributed by atoms with Crippen LogP contribution in [0.5, 0.6) is 0 Å². The number of fused-ring (bicyclic) bond motifs is 1. The molecule has 0 fully saturated rings. The molecule has 1 aromatic heterocycles. The van der Waals surface area contributed by atoms with E-state index in [9.17, 15) is 14.4 Å². The predicted molar refractivity (Wildman–Crippen MR) is 93.3 cm³/mol. The number of benzene rings is 1. The van der Waals surface area contributed by atoms with Crippen molar-refractivity contribution in [2.75, 3.05) is 26.1 Å². The van der Waals surface area contributed by atoms with Crippen molar-refractivity contribution in [2.45, 2.75) is 25.8 Å². The first kappa shape index (κ1) is 18.7. The molecule has 0 aliphatic carbocycles. The number of amides is 1. The van der Waals surface area contributed by atoms with Crippen LogP contribution in [0.4, 0.5) is 5.69 Å². The molecule has 1 heterocycles. The lowest BCUT2D eigenvalue weighted by atomic mass is 10.2. The molecule has 0 aliphatic heterocycles. The van der Waals surface area contributed by atoms with Gasteiger partial charge in [0, 0.05) is 25.4 Å². The van der Waals surface area contributed by atoms with Gasteiger partial charge >= 0.3 is 5.97 Å². The fourth-order valence-corrected chi connectivity index (χ4v) is 2.43. The summed E-state index contributed by atoms with van der Waals surface area (Å²) < 4.78 is 11.2. The second-order valence-corrected chi connectivity index (χ2v) is 5.62. The highest BCUT2D eigenvalue weighted by atomic mass is 16.5. The van der Waals surface area contributed by atoms with Gasteiger partial charge in [-0.25, -0.2) is 0 Å². The summed E-state index contributed by atoms with van der Waals surface area (Å²) in [5.74, 6) is -0.585. The minimum absolute atomic E-state index is 0.0579. The van der Waals surface area contributed by atoms with Crippen LogP contribution in [0.25, 0.3) is 10.9 Å². The highest BCUT2D eigenvalue weighted by Crippen LogP contribution is 2.21. The van der Waals surface area contributed by atoms with Crippen LogP contribution in [0.15, 0.2) is 30.5 Å². The number of carbonyl (C=O) groups is 3. The minimum Gasteiger partial charge on any atom is -0.469 e. The van der Waals surface area contributed by atoms with E-state index in [0.717, 1.165) is 10.9 Å². The first-order valence-electron chi connectivity index (χ1n) is 7.99. The van der Waals surface area contributed by atoms with Gasteiger partial charge in [-0.2, -0.15) is 0 Å². The lowest BCUT2D eigenvalue weighted by Gasteiger charge is -2.08. The van der Waals surface area contributed by atoms with E-state index in [1.165, 1.54) is 7.11 Å². The quantitative estimate of drug-likeness (QED) is 0.703. The van der Waals surface area contributed by atoms with Crippen LogP contribution in [-0.2, 0) is 30.4 Å². The van der Waals surface area contributed by atoms with Crippen molar-refractivity contribution < 1.29 is 23.9 Å². The third kappa shape index (κ3) is 5.42. The Balaban J connectivity index is 2.05. The number of ketones is 1. The van der Waals surface area contributed by atoms with Crippen molar-refractivity contribution in [3.05, 3.63) is 30.5 Å². The summed E-state index contributed by atoms with van der Waals surface area (Å²) in [6, 6.07) is 7.43. The fourth-order valence-electron chi connectivity index (χ4n) is 2.43. The Hall–Kier alpha value is -2.67. The molecular formula is C18H22N2O5. The highest BCUT2D eigenvalue weighted by Gasteiger charge is 2.10. The van der Waals surface area contributed by atoms with Crippen LogP contribution in [0, 0.1) is 0 Å². The lowest BCUT2D eigenvalue weighted by Crippen LogP contribution is -2.14. The average molecular weight is 346 g/mol. The number of ether oxygens (including phenoxy) is 2. The van der Waals surface area contributed by atoms with E-state index in [0.29, 0.717) is 12.3 Å². The lowest BCUT2D eigenvalue weighted by molar-refractivity contribution is -0.142. The molecule has 2 rings (SSSR count). The van der Waals surface area contributed by atoms with E-state index in [1.807, 2.05) is 30.5 Å². The first-order valence-corrected chi connectivity index (χ1v) is 7.99. The number of carbonyl (C=O) groups excluding carboxylic acids is 3. The topological polar surface area (TPSA) is 86.6 Å². The fraction of sp³-hybridized carbons (Fsp3) is 0.389. The maximum Gasteiger partial charge on any atom is 0.305 e. The number of anilines is 1. The number of nitrogens with zero attached hydrogens (tertiary/aromatic N) is 1. The van der Waals surface area contributed by atoms with Crippen LogP contribution in [0.3, 0.4) is 0 Å². The summed E-state index contributed by atoms with van der Waals surface area (Å²) in [5.41, 5.74) is 1.51. The maximum absolute atomic E-state index is 12.0. The number of hydrogen-bond acceptors (Lipinski definition) is 5. The Morgan fingerprint density at radius 2 is 1.88 bits per heavy atom. The summed E-state index contributed by atoms with van der Waals surface area (Å²) in [7, 11) is 2.85. The number of aromatic nitrogens is 1. The van der Waals surface area contributed by atoms with E-state index in [-0.39, 0.29) is 37.5 Å². The molecule has 0 saturated carbocycles. The number of esters is 1. The molecule has 1 N–H and O–H groups in total. The molecule has 1 amide bonds. The normalized spacial score (nSPS) is 10.6. The molecule has 7 nitrogen and oxygen atoms in total. The number of nitrogens with one attached hydrogen (secondary N) is 1. The van der Waals surface area contributed by atoms with E-state index >= 15 is 0 Å². The average Bonchev–Trinajstić information content (AvgIpc) is 3.00. The largest absolute Gasteiger partial charge is 0.469 e. The second-order valence-electron chi connectivity index (χ2n) is 5.62. The van der Waals surface area contributed by atoms with Gasteiger partial charge in [0.05, 0.1) is 38.6 Å². The molecule has 0 bridgehead atoms. The maximum atomic E-state index is 12.0. The van der Waals surface area contributed by atoms with Gasteiger partial charge < -0.3 is 19.4 Å². The van der Waals surface area contributed by atoms with E-state index in [4.69, 9.17) is 4.74 Å². The minimum atomic E-state index is -0.397. The highest BCUT2D eigenvalue weighted by molar-refractivity contribution is 5.94. The van der Waals surface area contributed by atoms with Gasteiger partial charge in [0.25, 0.3) is 0 Å². The molecule has 1 aromatic carbocycles. The molecule has 2 aromatic rings. The summed E-state index contributed by atoms with van der Waals surface area (Å²) in [6.45, 7) is 0.528. The zero-order valence-corrected chi connectivity index (χ0v) is 14.4. The molecule has 134 valence electrons. The first-order chi connectivity index (χ1) is 12.0. The molecule has 25 heavy (non-hydrogen) atoms. The SMILES string of the molecule is COCCC(=O)Nc1ccc2ccn(CC(=O)CCC(=O)OC)c2c1. The van der Waals surface area contributed by atoms with Crippen molar-refractivity contribution in [1.82, 2.24) is 4.57 Å². The molecule has 0 aliphatic rings. The van der Waals surface area contributed by atoms with Gasteiger partial charge in [0.2, 0.25) is 5.91 Å². The van der Waals surface area contributed by atoms with Crippen LogP contribution in [0.1, 0.15) is 19.3 Å². The van der Waals surface area contributed by atoms with Crippen molar-refractivity contribution in [3.8, 4) is 0 Å². The van der Waals surface area contributed by atoms with Gasteiger partial charge in [-0.3, -0.25) is 14.4 Å². The standard InChI is InChI=1S/C18H22N2O5/c1-24-10-8-17(22)19-14-4-3-13-7-9-20(16(13)11-14)12-15(21)5-6-18(23)25-2/h3-4,7,9,11H,5-6,8,10,12H2,1-2H3,(H,19,22). The van der Waals surface area contributed by atoms with Crippen LogP contribution in [0.2, 0.25) is 0 Å². The zero-order chi connectivity index (χ0) is 18.2. The Bertz CT molecular complexity index is 766. The molecule has 0 atom stereocenters. The molecule has 0 saturated heterocycles. The van der Waals surface area contributed by atoms with Crippen molar-refractivity contribution in [1.29, 1.82) is 0 Å². The summed E-state index contributed by atoms with van der Waals surface area (Å²) in [6.07, 6.45) is 2.31. The predicted octanol–water partition coefficient (Wildman–Crippen LogP) is 2.14.